The second kappa shape index (κ2) is 6.60. The maximum absolute atomic E-state index is 12.5. The lowest BCUT2D eigenvalue weighted by atomic mass is 10.1. The summed E-state index contributed by atoms with van der Waals surface area (Å²) in [6.07, 6.45) is 1.72. The van der Waals surface area contributed by atoms with Crippen LogP contribution in [0.3, 0.4) is 0 Å². The normalized spacial score (nSPS) is 16.4. The van der Waals surface area contributed by atoms with E-state index < -0.39 is 0 Å². The van der Waals surface area contributed by atoms with Crippen LogP contribution < -0.4 is 0 Å². The van der Waals surface area contributed by atoms with Gasteiger partial charge in [-0.2, -0.15) is 0 Å². The van der Waals surface area contributed by atoms with E-state index in [0.29, 0.717) is 16.5 Å². The molecule has 1 aliphatic rings. The Labute approximate surface area is 143 Å². The molecule has 1 aliphatic heterocycles. The Kier molecular flexibility index (Phi) is 4.55. The summed E-state index contributed by atoms with van der Waals surface area (Å²) < 4.78 is 0. The molecule has 3 rings (SSSR count). The lowest BCUT2D eigenvalue weighted by molar-refractivity contribution is -0.123. The van der Waals surface area contributed by atoms with Crippen molar-refractivity contribution in [3.63, 3.8) is 0 Å². The number of imide groups is 1. The summed E-state index contributed by atoms with van der Waals surface area (Å²) >= 11 is 6.82. The Hall–Kier alpha value is -2.04. The van der Waals surface area contributed by atoms with E-state index in [1.165, 1.54) is 4.90 Å². The number of rotatable bonds is 3. The first kappa shape index (κ1) is 15.8. The zero-order valence-corrected chi connectivity index (χ0v) is 14.0. The number of hydrogen-bond donors (Lipinski definition) is 0. The van der Waals surface area contributed by atoms with Crippen LogP contribution in [0.1, 0.15) is 16.7 Å². The van der Waals surface area contributed by atoms with Gasteiger partial charge in [0.15, 0.2) is 0 Å². The van der Waals surface area contributed by atoms with Crippen molar-refractivity contribution in [1.82, 2.24) is 4.90 Å². The van der Waals surface area contributed by atoms with E-state index in [9.17, 15) is 9.59 Å². The van der Waals surface area contributed by atoms with Gasteiger partial charge in [0.1, 0.15) is 0 Å². The molecule has 1 saturated heterocycles. The van der Waals surface area contributed by atoms with Gasteiger partial charge in [0.2, 0.25) is 0 Å². The van der Waals surface area contributed by atoms with E-state index in [4.69, 9.17) is 11.6 Å². The summed E-state index contributed by atoms with van der Waals surface area (Å²) in [6.45, 7) is 2.28. The topological polar surface area (TPSA) is 37.4 Å². The number of thioether (sulfide) groups is 1. The Bertz CT molecular complexity index is 799. The highest BCUT2D eigenvalue weighted by molar-refractivity contribution is 8.18. The number of hydrogen-bond acceptors (Lipinski definition) is 3. The average molecular weight is 344 g/mol. The fourth-order valence-corrected chi connectivity index (χ4v) is 3.30. The highest BCUT2D eigenvalue weighted by Gasteiger charge is 2.34. The van der Waals surface area contributed by atoms with Crippen LogP contribution in [0.2, 0.25) is 5.02 Å². The Morgan fingerprint density at radius 1 is 1.13 bits per heavy atom. The molecule has 0 aliphatic carbocycles. The molecule has 1 heterocycles. The van der Waals surface area contributed by atoms with Crippen molar-refractivity contribution in [2.45, 2.75) is 13.5 Å². The maximum atomic E-state index is 12.5. The minimum atomic E-state index is -0.253. The number of halogens is 1. The van der Waals surface area contributed by atoms with Crippen molar-refractivity contribution in [2.75, 3.05) is 0 Å². The summed E-state index contributed by atoms with van der Waals surface area (Å²) in [5.41, 5.74) is 2.89. The molecule has 0 radical (unpaired) electrons. The van der Waals surface area contributed by atoms with E-state index >= 15 is 0 Å². The molecule has 23 heavy (non-hydrogen) atoms. The third kappa shape index (κ3) is 3.66. The standard InChI is InChI=1S/C18H14ClNO2S/c1-12-3-2-4-14(9-12)11-20-17(21)16(23-18(20)22)10-13-5-7-15(19)8-6-13/h2-10H,11H2,1H3/b16-10-. The summed E-state index contributed by atoms with van der Waals surface area (Å²) in [7, 11) is 0. The van der Waals surface area contributed by atoms with Crippen LogP contribution in [0.5, 0.6) is 0 Å². The highest BCUT2D eigenvalue weighted by atomic mass is 35.5. The molecule has 2 aromatic carbocycles. The van der Waals surface area contributed by atoms with Crippen LogP contribution in [0, 0.1) is 6.92 Å². The number of amides is 2. The first-order valence-electron chi connectivity index (χ1n) is 7.09. The van der Waals surface area contributed by atoms with Crippen molar-refractivity contribution < 1.29 is 9.59 Å². The fraction of sp³-hybridized carbons (Fsp3) is 0.111. The summed E-state index contributed by atoms with van der Waals surface area (Å²) in [5.74, 6) is -0.253. The maximum Gasteiger partial charge on any atom is 0.293 e. The summed E-state index contributed by atoms with van der Waals surface area (Å²) in [6, 6.07) is 14.9. The number of benzene rings is 2. The van der Waals surface area contributed by atoms with Crippen LogP contribution in [-0.2, 0) is 11.3 Å². The second-order valence-electron chi connectivity index (χ2n) is 5.31. The van der Waals surface area contributed by atoms with E-state index in [1.54, 1.807) is 18.2 Å². The van der Waals surface area contributed by atoms with Crippen LogP contribution >= 0.6 is 23.4 Å². The van der Waals surface area contributed by atoms with Gasteiger partial charge in [0.05, 0.1) is 11.4 Å². The molecule has 1 fully saturated rings. The van der Waals surface area contributed by atoms with E-state index in [2.05, 4.69) is 0 Å². The molecule has 0 saturated carbocycles. The monoisotopic (exact) mass is 343 g/mol. The molecule has 2 amide bonds. The van der Waals surface area contributed by atoms with E-state index in [0.717, 1.165) is 28.5 Å². The Morgan fingerprint density at radius 2 is 1.87 bits per heavy atom. The molecule has 0 N–H and O–H groups in total. The molecule has 3 nitrogen and oxygen atoms in total. The fourth-order valence-electron chi connectivity index (χ4n) is 2.34. The number of aryl methyl sites for hydroxylation is 1. The Morgan fingerprint density at radius 3 is 2.57 bits per heavy atom. The number of carbonyl (C=O) groups excluding carboxylic acids is 2. The van der Waals surface area contributed by atoms with Gasteiger partial charge in [-0.25, -0.2) is 0 Å². The Balaban J connectivity index is 1.81. The van der Waals surface area contributed by atoms with Gasteiger partial charge in [-0.3, -0.25) is 14.5 Å². The van der Waals surface area contributed by atoms with Gasteiger partial charge in [-0.1, -0.05) is 53.6 Å². The van der Waals surface area contributed by atoms with Crippen molar-refractivity contribution in [3.8, 4) is 0 Å². The lowest BCUT2D eigenvalue weighted by Crippen LogP contribution is -2.27. The second-order valence-corrected chi connectivity index (χ2v) is 6.74. The van der Waals surface area contributed by atoms with Gasteiger partial charge >= 0.3 is 0 Å². The van der Waals surface area contributed by atoms with Crippen molar-refractivity contribution in [1.29, 1.82) is 0 Å². The van der Waals surface area contributed by atoms with Crippen LogP contribution in [-0.4, -0.2) is 16.0 Å². The molecule has 116 valence electrons. The van der Waals surface area contributed by atoms with Gasteiger partial charge in [-0.05, 0) is 48.0 Å². The third-order valence-corrected chi connectivity index (χ3v) is 4.62. The van der Waals surface area contributed by atoms with Gasteiger partial charge in [0.25, 0.3) is 11.1 Å². The molecular formula is C18H14ClNO2S. The zero-order chi connectivity index (χ0) is 16.4. The largest absolute Gasteiger partial charge is 0.293 e. The molecule has 0 atom stereocenters. The van der Waals surface area contributed by atoms with Crippen molar-refractivity contribution >= 4 is 40.6 Å². The van der Waals surface area contributed by atoms with E-state index in [1.807, 2.05) is 43.3 Å². The lowest BCUT2D eigenvalue weighted by Gasteiger charge is -2.12. The third-order valence-electron chi connectivity index (χ3n) is 3.46. The molecule has 0 aromatic heterocycles. The predicted octanol–water partition coefficient (Wildman–Crippen LogP) is 4.88. The van der Waals surface area contributed by atoms with Gasteiger partial charge in [0, 0.05) is 5.02 Å². The number of carbonyl (C=O) groups is 2. The minimum absolute atomic E-state index is 0.239. The van der Waals surface area contributed by atoms with Crippen LogP contribution in [0.4, 0.5) is 4.79 Å². The predicted molar refractivity (Wildman–Crippen MR) is 94.1 cm³/mol. The van der Waals surface area contributed by atoms with Gasteiger partial charge in [-0.15, -0.1) is 0 Å². The minimum Gasteiger partial charge on any atom is -0.268 e. The highest BCUT2D eigenvalue weighted by Crippen LogP contribution is 2.33. The SMILES string of the molecule is Cc1cccc(CN2C(=O)S/C(=C\c3ccc(Cl)cc3)C2=O)c1. The summed E-state index contributed by atoms with van der Waals surface area (Å²) in [4.78, 5) is 26.3. The first-order chi connectivity index (χ1) is 11.0. The quantitative estimate of drug-likeness (QED) is 0.745. The van der Waals surface area contributed by atoms with Gasteiger partial charge < -0.3 is 0 Å². The zero-order valence-electron chi connectivity index (χ0n) is 12.5. The molecule has 2 aromatic rings. The van der Waals surface area contributed by atoms with Crippen LogP contribution in [0.25, 0.3) is 6.08 Å². The van der Waals surface area contributed by atoms with Crippen molar-refractivity contribution in [3.05, 3.63) is 75.1 Å². The van der Waals surface area contributed by atoms with Crippen molar-refractivity contribution in [2.24, 2.45) is 0 Å². The molecule has 0 spiro atoms. The average Bonchev–Trinajstić information content (AvgIpc) is 2.77. The molecule has 5 heteroatoms. The van der Waals surface area contributed by atoms with Crippen LogP contribution in [0.15, 0.2) is 53.4 Å². The number of nitrogens with zero attached hydrogens (tertiary/aromatic N) is 1. The smallest absolute Gasteiger partial charge is 0.268 e. The first-order valence-corrected chi connectivity index (χ1v) is 8.29. The van der Waals surface area contributed by atoms with E-state index in [-0.39, 0.29) is 11.1 Å². The summed E-state index contributed by atoms with van der Waals surface area (Å²) in [5, 5.41) is 0.395. The molecule has 0 bridgehead atoms. The molecule has 0 unspecified atom stereocenters. The molecular weight excluding hydrogens is 330 g/mol.